The maximum absolute atomic E-state index is 6.38. The van der Waals surface area contributed by atoms with E-state index in [1.54, 1.807) is 11.3 Å². The number of thiophene rings is 1. The van der Waals surface area contributed by atoms with E-state index in [0.29, 0.717) is 5.89 Å². The van der Waals surface area contributed by atoms with E-state index in [2.05, 4.69) is 187 Å². The number of benzene rings is 9. The molecule has 0 N–H and O–H groups in total. The van der Waals surface area contributed by atoms with Crippen LogP contribution in [0.4, 0.5) is 17.1 Å². The standard InChI is InChI=1S/C53H32N2O2S/c1-2-9-33(10-3-1)35-19-23-39(24-20-35)55(41-27-28-44-43-13-6-7-15-47(43)56-48(44)30-41)40-25-21-36(22-26-40)42-14-8-16-50-52(42)45-31-46-49(32-51(45)58-50)57-53(54-46)38-18-17-34-11-4-5-12-37(34)29-38/h1-32H. The molecule has 0 spiro atoms. The fourth-order valence-corrected chi connectivity index (χ4v) is 9.60. The third-order valence-electron chi connectivity index (χ3n) is 11.3. The van der Waals surface area contributed by atoms with Gasteiger partial charge in [-0.3, -0.25) is 0 Å². The van der Waals surface area contributed by atoms with Gasteiger partial charge in [-0.15, -0.1) is 11.3 Å². The molecule has 272 valence electrons. The first kappa shape index (κ1) is 32.7. The van der Waals surface area contributed by atoms with Crippen molar-refractivity contribution in [3.05, 3.63) is 194 Å². The highest BCUT2D eigenvalue weighted by molar-refractivity contribution is 7.26. The Morgan fingerprint density at radius 2 is 1.09 bits per heavy atom. The molecular weight excluding hydrogens is 729 g/mol. The fraction of sp³-hybridized carbons (Fsp3) is 0. The van der Waals surface area contributed by atoms with E-state index in [9.17, 15) is 0 Å². The molecule has 0 unspecified atom stereocenters. The van der Waals surface area contributed by atoms with Gasteiger partial charge in [0.2, 0.25) is 5.89 Å². The Kier molecular flexibility index (Phi) is 7.37. The van der Waals surface area contributed by atoms with E-state index in [4.69, 9.17) is 13.8 Å². The topological polar surface area (TPSA) is 42.4 Å². The molecular formula is C53H32N2O2S. The van der Waals surface area contributed by atoms with E-state index >= 15 is 0 Å². The molecule has 0 atom stereocenters. The predicted octanol–water partition coefficient (Wildman–Crippen LogP) is 15.7. The van der Waals surface area contributed by atoms with Crippen molar-refractivity contribution in [2.24, 2.45) is 0 Å². The average Bonchev–Trinajstić information content (AvgIpc) is 3.99. The summed E-state index contributed by atoms with van der Waals surface area (Å²) in [5.74, 6) is 0.636. The van der Waals surface area contributed by atoms with Gasteiger partial charge >= 0.3 is 0 Å². The number of hydrogen-bond donors (Lipinski definition) is 0. The number of aromatic nitrogens is 1. The molecule has 0 saturated heterocycles. The minimum absolute atomic E-state index is 0.636. The zero-order chi connectivity index (χ0) is 38.2. The number of oxazole rings is 1. The van der Waals surface area contributed by atoms with Gasteiger partial charge in [-0.05, 0) is 99.8 Å². The highest BCUT2D eigenvalue weighted by atomic mass is 32.1. The summed E-state index contributed by atoms with van der Waals surface area (Å²) in [4.78, 5) is 7.30. The van der Waals surface area contributed by atoms with Crippen LogP contribution in [0.25, 0.3) is 97.7 Å². The van der Waals surface area contributed by atoms with Gasteiger partial charge in [0.15, 0.2) is 5.58 Å². The second kappa shape index (κ2) is 13.1. The van der Waals surface area contributed by atoms with Gasteiger partial charge in [-0.25, -0.2) is 4.98 Å². The number of hydrogen-bond acceptors (Lipinski definition) is 5. The number of para-hydroxylation sites is 1. The quantitative estimate of drug-likeness (QED) is 0.169. The van der Waals surface area contributed by atoms with Crippen molar-refractivity contribution in [1.29, 1.82) is 0 Å². The van der Waals surface area contributed by atoms with Gasteiger partial charge in [0, 0.05) is 65.7 Å². The normalized spacial score (nSPS) is 11.8. The Hall–Kier alpha value is -7.47. The van der Waals surface area contributed by atoms with Crippen molar-refractivity contribution < 1.29 is 8.83 Å². The molecule has 0 aliphatic rings. The van der Waals surface area contributed by atoms with Crippen LogP contribution in [0.15, 0.2) is 203 Å². The highest BCUT2D eigenvalue weighted by Gasteiger charge is 2.19. The van der Waals surface area contributed by atoms with Crippen LogP contribution in [0.1, 0.15) is 0 Å². The molecule has 9 aromatic carbocycles. The van der Waals surface area contributed by atoms with Crippen molar-refractivity contribution in [3.8, 4) is 33.7 Å². The first-order valence-corrected chi connectivity index (χ1v) is 20.2. The number of fused-ring (bicyclic) bond motifs is 8. The monoisotopic (exact) mass is 760 g/mol. The lowest BCUT2D eigenvalue weighted by Crippen LogP contribution is -2.09. The molecule has 3 aromatic heterocycles. The van der Waals surface area contributed by atoms with Crippen LogP contribution in [-0.2, 0) is 0 Å². The second-order valence-corrected chi connectivity index (χ2v) is 15.8. The number of anilines is 3. The maximum Gasteiger partial charge on any atom is 0.227 e. The largest absolute Gasteiger partial charge is 0.456 e. The summed E-state index contributed by atoms with van der Waals surface area (Å²) >= 11 is 1.79. The molecule has 0 aliphatic heterocycles. The molecule has 0 fully saturated rings. The Morgan fingerprint density at radius 1 is 0.397 bits per heavy atom. The third-order valence-corrected chi connectivity index (χ3v) is 12.4. The first-order valence-electron chi connectivity index (χ1n) is 19.4. The van der Waals surface area contributed by atoms with E-state index in [1.807, 2.05) is 12.1 Å². The summed E-state index contributed by atoms with van der Waals surface area (Å²) in [5.41, 5.74) is 12.2. The van der Waals surface area contributed by atoms with Crippen LogP contribution >= 0.6 is 11.3 Å². The zero-order valence-electron chi connectivity index (χ0n) is 31.1. The van der Waals surface area contributed by atoms with Crippen molar-refractivity contribution in [2.45, 2.75) is 0 Å². The summed E-state index contributed by atoms with van der Waals surface area (Å²) < 4.78 is 15.2. The molecule has 0 bridgehead atoms. The summed E-state index contributed by atoms with van der Waals surface area (Å²) in [7, 11) is 0. The lowest BCUT2D eigenvalue weighted by Gasteiger charge is -2.26. The number of nitrogens with zero attached hydrogens (tertiary/aromatic N) is 2. The van der Waals surface area contributed by atoms with Gasteiger partial charge in [0.05, 0.1) is 0 Å². The molecule has 0 amide bonds. The minimum atomic E-state index is 0.636. The molecule has 4 nitrogen and oxygen atoms in total. The summed E-state index contributed by atoms with van der Waals surface area (Å²) in [6.07, 6.45) is 0. The summed E-state index contributed by atoms with van der Waals surface area (Å²) in [5, 5.41) is 7.02. The number of furan rings is 1. The minimum Gasteiger partial charge on any atom is -0.456 e. The SMILES string of the molecule is c1ccc(-c2ccc(N(c3ccc(-c4cccc5sc6cc7oc(-c8ccc9ccccc9c8)nc7cc6c45)cc3)c3ccc4c(c3)oc3ccccc34)cc2)cc1. The lowest BCUT2D eigenvalue weighted by atomic mass is 9.99. The van der Waals surface area contributed by atoms with E-state index < -0.39 is 0 Å². The van der Waals surface area contributed by atoms with Crippen LogP contribution in [0.5, 0.6) is 0 Å². The zero-order valence-corrected chi connectivity index (χ0v) is 31.9. The van der Waals surface area contributed by atoms with Gasteiger partial charge in [-0.2, -0.15) is 0 Å². The van der Waals surface area contributed by atoms with Gasteiger partial charge in [0.25, 0.3) is 0 Å². The van der Waals surface area contributed by atoms with Crippen molar-refractivity contribution in [1.82, 2.24) is 4.98 Å². The Morgan fingerprint density at radius 3 is 1.93 bits per heavy atom. The molecule has 0 saturated carbocycles. The van der Waals surface area contributed by atoms with Crippen LogP contribution in [0.2, 0.25) is 0 Å². The van der Waals surface area contributed by atoms with E-state index in [1.165, 1.54) is 47.6 Å². The lowest BCUT2D eigenvalue weighted by molar-refractivity contribution is 0.620. The average molecular weight is 761 g/mol. The summed E-state index contributed by atoms with van der Waals surface area (Å²) in [6.45, 7) is 0. The molecule has 0 radical (unpaired) electrons. The molecule has 12 rings (SSSR count). The molecule has 0 aliphatic carbocycles. The van der Waals surface area contributed by atoms with Crippen molar-refractivity contribution in [2.75, 3.05) is 4.90 Å². The Bertz CT molecular complexity index is 3510. The summed E-state index contributed by atoms with van der Waals surface area (Å²) in [6, 6.07) is 68.7. The second-order valence-electron chi connectivity index (χ2n) is 14.8. The fourth-order valence-electron chi connectivity index (χ4n) is 8.46. The predicted molar refractivity (Wildman–Crippen MR) is 243 cm³/mol. The van der Waals surface area contributed by atoms with Crippen molar-refractivity contribution in [3.63, 3.8) is 0 Å². The molecule has 12 aromatic rings. The smallest absolute Gasteiger partial charge is 0.227 e. The van der Waals surface area contributed by atoms with Crippen LogP contribution < -0.4 is 4.90 Å². The third kappa shape index (κ3) is 5.40. The molecule has 3 heterocycles. The first-order chi connectivity index (χ1) is 28.7. The van der Waals surface area contributed by atoms with Crippen LogP contribution in [0.3, 0.4) is 0 Å². The highest BCUT2D eigenvalue weighted by Crippen LogP contribution is 2.44. The Balaban J connectivity index is 0.948. The maximum atomic E-state index is 6.38. The van der Waals surface area contributed by atoms with E-state index in [0.717, 1.165) is 61.2 Å². The molecule has 58 heavy (non-hydrogen) atoms. The van der Waals surface area contributed by atoms with Crippen molar-refractivity contribution >= 4 is 92.4 Å². The number of rotatable bonds is 6. The van der Waals surface area contributed by atoms with E-state index in [-0.39, 0.29) is 0 Å². The van der Waals surface area contributed by atoms with Gasteiger partial charge in [0.1, 0.15) is 16.7 Å². The molecule has 5 heteroatoms. The Labute approximate surface area is 337 Å². The van der Waals surface area contributed by atoms with Crippen LogP contribution in [0, 0.1) is 0 Å². The van der Waals surface area contributed by atoms with Gasteiger partial charge < -0.3 is 13.7 Å². The van der Waals surface area contributed by atoms with Crippen LogP contribution in [-0.4, -0.2) is 4.98 Å². The van der Waals surface area contributed by atoms with Gasteiger partial charge in [-0.1, -0.05) is 115 Å².